The predicted octanol–water partition coefficient (Wildman–Crippen LogP) is 1.89. The maximum Gasteiger partial charge on any atom is 1.00 e. The summed E-state index contributed by atoms with van der Waals surface area (Å²) >= 11 is 0. The van der Waals surface area contributed by atoms with Gasteiger partial charge in [0.2, 0.25) is 0 Å². The van der Waals surface area contributed by atoms with E-state index in [0.717, 1.165) is 0 Å². The molecule has 63 heavy (non-hydrogen) atoms. The minimum absolute atomic E-state index is 0. The molecule has 0 aromatic carbocycles. The van der Waals surface area contributed by atoms with Gasteiger partial charge in [-0.1, -0.05) is 67.5 Å². The van der Waals surface area contributed by atoms with Crippen molar-refractivity contribution in [1.82, 2.24) is 0 Å². The monoisotopic (exact) mass is 901 g/mol. The van der Waals surface area contributed by atoms with Crippen LogP contribution in [0.2, 0.25) is 0 Å². The summed E-state index contributed by atoms with van der Waals surface area (Å²) in [6, 6.07) is -0.902. The van der Waals surface area contributed by atoms with Gasteiger partial charge in [0.05, 0.1) is 36.6 Å². The van der Waals surface area contributed by atoms with Gasteiger partial charge in [0.25, 0.3) is 0 Å². The molecule has 17 atom stereocenters. The number of cyclic esters (lactones) is 1. The Kier molecular flexibility index (Phi) is 15.8. The van der Waals surface area contributed by atoms with Crippen LogP contribution in [0.15, 0.2) is 12.2 Å². The minimum Gasteiger partial charge on any atom is -0.504 e. The van der Waals surface area contributed by atoms with E-state index in [4.69, 9.17) is 52.8 Å². The van der Waals surface area contributed by atoms with Crippen LogP contribution in [0.4, 0.5) is 0 Å². The normalized spacial score (nSPS) is 45.6. The summed E-state index contributed by atoms with van der Waals surface area (Å²) in [6.07, 6.45) is -0.362. The molecule has 18 heteroatoms. The number of carbonyl (C=O) groups is 3. The summed E-state index contributed by atoms with van der Waals surface area (Å²) in [5.41, 5.74) is 4.48. The number of allylic oxidation sites excluding steroid dienone is 1. The van der Waals surface area contributed by atoms with Gasteiger partial charge in [-0.15, -0.1) is 0 Å². The second-order valence-corrected chi connectivity index (χ2v) is 20.9. The standard InChI is InChI=1S/C45H73BNO15.Na/c1-24(2)36(47)39(50)54-27(5)30-16-12-11-13-17-32(48)42(7,8)34-21-19-26(4)45(57-34)38-41(52)56-31-23-29(53-28(31)6)15-14-18-33(49)43(9,10)35-22-20-25(3)44(58-35)37(40(51)55-30)59-46(60-38,61-44)62-45;/h11-12,24-38,48-49H,13-23,47H2,1-10H3;/q-1;+1/b12-11-;/t25-,26-,27-,28-,29-,30+,31+,32+,33-,34+,35+,36-,37+,38+,44+,45+,46?;/m1./s1. The van der Waals surface area contributed by atoms with Crippen molar-refractivity contribution >= 4 is 24.9 Å². The average Bonchev–Trinajstić information content (AvgIpc) is 3.84. The van der Waals surface area contributed by atoms with Crippen molar-refractivity contribution in [3.63, 3.8) is 0 Å². The molecule has 16 nitrogen and oxygen atoms in total. The quantitative estimate of drug-likeness (QED) is 0.159. The van der Waals surface area contributed by atoms with Gasteiger partial charge >= 0.3 is 54.4 Å². The fraction of sp³-hybridized carbons (Fsp3) is 0.889. The number of fused-ring (bicyclic) bond motifs is 6. The van der Waals surface area contributed by atoms with Crippen LogP contribution in [0.3, 0.4) is 0 Å². The summed E-state index contributed by atoms with van der Waals surface area (Å²) in [7, 11) is 0. The number of ether oxygens (including phenoxy) is 6. The molecular formula is C45H73BNNaO15. The molecule has 0 amide bonds. The van der Waals surface area contributed by atoms with Gasteiger partial charge in [-0.2, -0.15) is 0 Å². The maximum atomic E-state index is 15.0. The first-order valence-electron chi connectivity index (χ1n) is 23.3. The Hall–Kier alpha value is -1.19. The van der Waals surface area contributed by atoms with E-state index in [1.54, 1.807) is 6.92 Å². The van der Waals surface area contributed by atoms with Gasteiger partial charge in [-0.05, 0) is 77.6 Å². The van der Waals surface area contributed by atoms with Crippen LogP contribution in [0.5, 0.6) is 0 Å². The number of aliphatic hydroxyl groups excluding tert-OH is 2. The molecule has 0 aromatic rings. The number of hydrogen-bond donors (Lipinski definition) is 3. The van der Waals surface area contributed by atoms with E-state index < -0.39 is 126 Å². The van der Waals surface area contributed by atoms with Crippen LogP contribution < -0.4 is 35.3 Å². The number of nitrogens with two attached hydrogens (primary N) is 1. The molecule has 1 unspecified atom stereocenters. The first kappa shape index (κ1) is 51.2. The third kappa shape index (κ3) is 9.76. The maximum absolute atomic E-state index is 15.0. The van der Waals surface area contributed by atoms with Crippen LogP contribution in [0.1, 0.15) is 140 Å². The Morgan fingerprint density at radius 2 is 1.33 bits per heavy atom. The molecule has 0 radical (unpaired) electrons. The average molecular weight is 902 g/mol. The molecule has 9 bridgehead atoms. The van der Waals surface area contributed by atoms with Crippen LogP contribution in [0.25, 0.3) is 0 Å². The molecule has 0 saturated carbocycles. The topological polar surface area (TPSA) is 210 Å². The Morgan fingerprint density at radius 1 is 0.794 bits per heavy atom. The van der Waals surface area contributed by atoms with E-state index in [1.165, 1.54) is 0 Å². The van der Waals surface area contributed by atoms with Gasteiger partial charge in [-0.3, -0.25) is 4.79 Å². The summed E-state index contributed by atoms with van der Waals surface area (Å²) in [4.78, 5) is 42.9. The summed E-state index contributed by atoms with van der Waals surface area (Å²) in [6.45, 7) is 15.1. The zero-order chi connectivity index (χ0) is 45.2. The summed E-state index contributed by atoms with van der Waals surface area (Å²) < 4.78 is 66.0. The van der Waals surface area contributed by atoms with Crippen LogP contribution in [0, 0.1) is 28.6 Å². The minimum atomic E-state index is -3.53. The fourth-order valence-corrected chi connectivity index (χ4v) is 10.6. The number of hydrogen-bond acceptors (Lipinski definition) is 16. The van der Waals surface area contributed by atoms with Crippen LogP contribution in [-0.2, 0) is 61.4 Å². The van der Waals surface area contributed by atoms with Gasteiger partial charge in [0.15, 0.2) is 23.8 Å². The first-order chi connectivity index (χ1) is 29.0. The van der Waals surface area contributed by atoms with E-state index in [1.807, 2.05) is 74.5 Å². The van der Waals surface area contributed by atoms with Crippen molar-refractivity contribution in [1.29, 1.82) is 0 Å². The Morgan fingerprint density at radius 3 is 1.89 bits per heavy atom. The fourth-order valence-electron chi connectivity index (χ4n) is 10.6. The largest absolute Gasteiger partial charge is 1.00 e. The van der Waals surface area contributed by atoms with E-state index in [0.29, 0.717) is 64.2 Å². The molecule has 352 valence electrons. The third-order valence-electron chi connectivity index (χ3n) is 15.5. The summed E-state index contributed by atoms with van der Waals surface area (Å²) in [5, 5.41) is 23.6. The number of esters is 3. The van der Waals surface area contributed by atoms with Crippen molar-refractivity contribution in [3.05, 3.63) is 12.2 Å². The molecule has 3 spiro atoms. The number of aliphatic hydroxyl groups is 2. The van der Waals surface area contributed by atoms with E-state index in [2.05, 4.69) is 0 Å². The predicted molar refractivity (Wildman–Crippen MR) is 223 cm³/mol. The molecule has 6 saturated heterocycles. The Balaban J connectivity index is 0.00000661. The van der Waals surface area contributed by atoms with Crippen molar-refractivity contribution < 1.29 is 101 Å². The van der Waals surface area contributed by atoms with Gasteiger partial charge in [0.1, 0.15) is 24.4 Å². The van der Waals surface area contributed by atoms with E-state index >= 15 is 4.79 Å². The molecule has 7 aliphatic heterocycles. The van der Waals surface area contributed by atoms with Gasteiger partial charge < -0.3 is 63.0 Å². The summed E-state index contributed by atoms with van der Waals surface area (Å²) in [5.74, 6) is -7.31. The van der Waals surface area contributed by atoms with Gasteiger partial charge in [0, 0.05) is 35.5 Å². The van der Waals surface area contributed by atoms with E-state index in [-0.39, 0.29) is 48.0 Å². The van der Waals surface area contributed by atoms with E-state index in [9.17, 15) is 19.8 Å². The van der Waals surface area contributed by atoms with Crippen molar-refractivity contribution in [2.75, 3.05) is 0 Å². The van der Waals surface area contributed by atoms with Crippen LogP contribution in [-0.4, -0.2) is 120 Å². The van der Waals surface area contributed by atoms with Crippen LogP contribution >= 0.6 is 0 Å². The first-order valence-corrected chi connectivity index (χ1v) is 23.3. The molecule has 0 aliphatic carbocycles. The number of carbonyl (C=O) groups excluding carboxylic acids is 3. The molecular weight excluding hydrogens is 828 g/mol. The smallest absolute Gasteiger partial charge is 0.504 e. The molecule has 7 aliphatic rings. The molecule has 7 rings (SSSR count). The zero-order valence-corrected chi connectivity index (χ0v) is 41.4. The Bertz CT molecular complexity index is 1690. The molecule has 0 aromatic heterocycles. The number of rotatable bonds is 4. The SMILES string of the molecule is CC(C)[C@@H](N)C(=O)O[C@H](C)[C@@H]1C/C=C\CC[C@H](O)C(C)(C)[C@@H]2CC[C@@H](C)[C@]3(O2)O[B-]24O[C@@H](C(=O)O1)[C@@]1(O[C@@H](CC[C@H]1C)C(C)(C)[C@H](O)CCC[C@@H]1C[C@H](OC(=O)[C@@H]3O2)[C@@H](C)O1)O4.[Na+]. The second kappa shape index (κ2) is 19.4. The second-order valence-electron chi connectivity index (χ2n) is 20.9. The molecule has 6 fully saturated rings. The van der Waals surface area contributed by atoms with Gasteiger partial charge in [-0.25, -0.2) is 9.59 Å². The van der Waals surface area contributed by atoms with Crippen molar-refractivity contribution in [2.45, 2.75) is 225 Å². The molecule has 4 N–H and O–H groups in total. The van der Waals surface area contributed by atoms with Crippen molar-refractivity contribution in [3.8, 4) is 0 Å². The third-order valence-corrected chi connectivity index (χ3v) is 15.5. The molecule has 7 heterocycles. The van der Waals surface area contributed by atoms with Crippen molar-refractivity contribution in [2.24, 2.45) is 34.3 Å². The Labute approximate surface area is 395 Å². The zero-order valence-electron chi connectivity index (χ0n) is 39.4.